The van der Waals surface area contributed by atoms with Gasteiger partial charge in [-0.2, -0.15) is 0 Å². The van der Waals surface area contributed by atoms with E-state index in [4.69, 9.17) is 0 Å². The van der Waals surface area contributed by atoms with Crippen molar-refractivity contribution >= 4 is 0 Å². The monoisotopic (exact) mass is 151 g/mol. The molecule has 0 aromatic rings. The summed E-state index contributed by atoms with van der Waals surface area (Å²) in [4.78, 5) is 0. The molecule has 1 N–H and O–H groups in total. The van der Waals surface area contributed by atoms with E-state index in [1.165, 1.54) is 19.3 Å². The van der Waals surface area contributed by atoms with Crippen LogP contribution >= 0.6 is 0 Å². The van der Waals surface area contributed by atoms with Gasteiger partial charge in [0, 0.05) is 12.1 Å². The van der Waals surface area contributed by atoms with E-state index in [0.717, 1.165) is 29.8 Å². The van der Waals surface area contributed by atoms with E-state index in [-0.39, 0.29) is 0 Å². The van der Waals surface area contributed by atoms with Gasteiger partial charge in [0.15, 0.2) is 0 Å². The minimum absolute atomic E-state index is 0.895. The second kappa shape index (κ2) is 2.01. The number of nitrogens with one attached hydrogen (secondary N) is 1. The molecule has 62 valence electrons. The Morgan fingerprint density at radius 2 is 2.00 bits per heavy atom. The minimum atomic E-state index is 0.895. The Morgan fingerprint density at radius 3 is 2.73 bits per heavy atom. The predicted octanol–water partition coefficient (Wildman–Crippen LogP) is 1.78. The van der Waals surface area contributed by atoms with Gasteiger partial charge in [-0.1, -0.05) is 6.92 Å². The zero-order valence-electron chi connectivity index (χ0n) is 7.22. The van der Waals surface area contributed by atoms with Crippen LogP contribution in [0, 0.1) is 17.8 Å². The Balaban J connectivity index is 1.91. The molecule has 4 fully saturated rings. The zero-order chi connectivity index (χ0) is 7.42. The van der Waals surface area contributed by atoms with E-state index in [1.807, 2.05) is 0 Å². The normalized spacial score (nSPS) is 60.3. The van der Waals surface area contributed by atoms with Crippen LogP contribution in [0.1, 0.15) is 32.6 Å². The lowest BCUT2D eigenvalue weighted by Gasteiger charge is -2.54. The van der Waals surface area contributed by atoms with Crippen LogP contribution in [0.3, 0.4) is 0 Å². The first-order chi connectivity index (χ1) is 5.33. The van der Waals surface area contributed by atoms with Crippen molar-refractivity contribution in [1.29, 1.82) is 0 Å². The quantitative estimate of drug-likeness (QED) is 0.556. The lowest BCUT2D eigenvalue weighted by atomic mass is 9.60. The van der Waals surface area contributed by atoms with E-state index >= 15 is 0 Å². The molecule has 0 aromatic heterocycles. The summed E-state index contributed by atoms with van der Waals surface area (Å²) in [7, 11) is 0. The molecule has 2 saturated heterocycles. The maximum absolute atomic E-state index is 3.76. The van der Waals surface area contributed by atoms with Gasteiger partial charge in [0.25, 0.3) is 0 Å². The summed E-state index contributed by atoms with van der Waals surface area (Å²) in [6.45, 7) is 2.44. The lowest BCUT2D eigenvalue weighted by Crippen LogP contribution is -2.59. The van der Waals surface area contributed by atoms with Crippen molar-refractivity contribution in [2.75, 3.05) is 0 Å². The third kappa shape index (κ3) is 0.807. The largest absolute Gasteiger partial charge is 0.311 e. The summed E-state index contributed by atoms with van der Waals surface area (Å²) in [6.07, 6.45) is 6.00. The maximum Gasteiger partial charge on any atom is 0.0101 e. The highest BCUT2D eigenvalue weighted by Crippen LogP contribution is 2.47. The predicted molar refractivity (Wildman–Crippen MR) is 45.3 cm³/mol. The number of rotatable bonds is 0. The highest BCUT2D eigenvalue weighted by Gasteiger charge is 2.45. The molecule has 1 heteroatoms. The van der Waals surface area contributed by atoms with E-state index in [9.17, 15) is 0 Å². The first-order valence-electron chi connectivity index (χ1n) is 5.09. The van der Waals surface area contributed by atoms with Crippen LogP contribution in [0.25, 0.3) is 0 Å². The first kappa shape index (κ1) is 6.47. The molecule has 4 bridgehead atoms. The summed E-state index contributed by atoms with van der Waals surface area (Å²) in [5.41, 5.74) is 0. The molecule has 5 atom stereocenters. The summed E-state index contributed by atoms with van der Waals surface area (Å²) in [5, 5.41) is 3.76. The van der Waals surface area contributed by atoms with Crippen molar-refractivity contribution in [2.45, 2.75) is 44.7 Å². The smallest absolute Gasteiger partial charge is 0.0101 e. The summed E-state index contributed by atoms with van der Waals surface area (Å²) in [6, 6.07) is 1.81. The van der Waals surface area contributed by atoms with Crippen LogP contribution in [0.2, 0.25) is 0 Å². The lowest BCUT2D eigenvalue weighted by molar-refractivity contribution is 0.0119. The van der Waals surface area contributed by atoms with E-state index in [2.05, 4.69) is 12.2 Å². The van der Waals surface area contributed by atoms with Crippen LogP contribution < -0.4 is 5.32 Å². The molecular weight excluding hydrogens is 134 g/mol. The van der Waals surface area contributed by atoms with Crippen LogP contribution in [-0.2, 0) is 0 Å². The average Bonchev–Trinajstić information content (AvgIpc) is 1.98. The fourth-order valence-corrected chi connectivity index (χ4v) is 3.67. The summed E-state index contributed by atoms with van der Waals surface area (Å²) in [5.74, 6) is 3.16. The van der Waals surface area contributed by atoms with Gasteiger partial charge in [-0.15, -0.1) is 0 Å². The Bertz CT molecular complexity index is 148. The molecule has 1 nitrogen and oxygen atoms in total. The van der Waals surface area contributed by atoms with Crippen molar-refractivity contribution in [3.8, 4) is 0 Å². The van der Waals surface area contributed by atoms with E-state index in [1.54, 1.807) is 6.42 Å². The molecule has 0 radical (unpaired) electrons. The number of hydrogen-bond donors (Lipinski definition) is 1. The van der Waals surface area contributed by atoms with Crippen LogP contribution in [0.5, 0.6) is 0 Å². The number of hydrogen-bond acceptors (Lipinski definition) is 1. The third-order valence-electron chi connectivity index (χ3n) is 4.26. The summed E-state index contributed by atoms with van der Waals surface area (Å²) < 4.78 is 0. The Kier molecular flexibility index (Phi) is 1.18. The summed E-state index contributed by atoms with van der Waals surface area (Å²) >= 11 is 0. The van der Waals surface area contributed by atoms with Gasteiger partial charge >= 0.3 is 0 Å². The molecule has 11 heavy (non-hydrogen) atoms. The molecule has 2 saturated carbocycles. The molecule has 2 aliphatic carbocycles. The highest BCUT2D eigenvalue weighted by atomic mass is 15.0. The van der Waals surface area contributed by atoms with E-state index in [0.29, 0.717) is 0 Å². The van der Waals surface area contributed by atoms with Crippen LogP contribution in [-0.4, -0.2) is 12.1 Å². The Morgan fingerprint density at radius 1 is 1.09 bits per heavy atom. The van der Waals surface area contributed by atoms with Crippen LogP contribution in [0.4, 0.5) is 0 Å². The Hall–Kier alpha value is -0.0400. The minimum Gasteiger partial charge on any atom is -0.311 e. The molecule has 0 spiro atoms. The van der Waals surface area contributed by atoms with Gasteiger partial charge in [-0.25, -0.2) is 0 Å². The Labute approximate surface area is 68.6 Å². The standard InChI is InChI=1S/C10H17N/c1-6-8-2-7-3-9(5-8)11-10(6)4-7/h6-11H,2-5H2,1H3. The maximum atomic E-state index is 3.76. The van der Waals surface area contributed by atoms with E-state index < -0.39 is 0 Å². The van der Waals surface area contributed by atoms with Crippen molar-refractivity contribution in [2.24, 2.45) is 17.8 Å². The van der Waals surface area contributed by atoms with Gasteiger partial charge in [-0.3, -0.25) is 0 Å². The fourth-order valence-electron chi connectivity index (χ4n) is 3.67. The third-order valence-corrected chi connectivity index (χ3v) is 4.26. The van der Waals surface area contributed by atoms with Crippen LogP contribution in [0.15, 0.2) is 0 Å². The second-order valence-corrected chi connectivity index (χ2v) is 4.90. The van der Waals surface area contributed by atoms with Gasteiger partial charge in [0.05, 0.1) is 0 Å². The topological polar surface area (TPSA) is 12.0 Å². The molecule has 2 heterocycles. The second-order valence-electron chi connectivity index (χ2n) is 4.90. The van der Waals surface area contributed by atoms with Crippen molar-refractivity contribution in [3.05, 3.63) is 0 Å². The fraction of sp³-hybridized carbons (Fsp3) is 1.00. The van der Waals surface area contributed by atoms with Crippen molar-refractivity contribution in [3.63, 3.8) is 0 Å². The number of piperidine rings is 2. The average molecular weight is 151 g/mol. The van der Waals surface area contributed by atoms with Gasteiger partial charge in [0.1, 0.15) is 0 Å². The van der Waals surface area contributed by atoms with Crippen molar-refractivity contribution < 1.29 is 0 Å². The SMILES string of the molecule is CC1C2CC3CC(C2)NC1C3. The molecule has 2 aliphatic heterocycles. The van der Waals surface area contributed by atoms with Gasteiger partial charge in [-0.05, 0) is 43.4 Å². The molecule has 4 aliphatic rings. The molecule has 0 aromatic carbocycles. The molecule has 5 unspecified atom stereocenters. The molecule has 0 amide bonds. The van der Waals surface area contributed by atoms with Gasteiger partial charge < -0.3 is 5.32 Å². The van der Waals surface area contributed by atoms with Crippen molar-refractivity contribution in [1.82, 2.24) is 5.32 Å². The molecule has 4 rings (SSSR count). The molecular formula is C10H17N. The zero-order valence-corrected chi connectivity index (χ0v) is 7.22. The highest BCUT2D eigenvalue weighted by molar-refractivity contribution is 5.01. The van der Waals surface area contributed by atoms with Gasteiger partial charge in [0.2, 0.25) is 0 Å². The first-order valence-corrected chi connectivity index (χ1v) is 5.09.